The number of ether oxygens (including phenoxy) is 1. The molecule has 1 saturated carbocycles. The highest BCUT2D eigenvalue weighted by Crippen LogP contribution is 2.45. The van der Waals surface area contributed by atoms with Crippen molar-refractivity contribution in [3.63, 3.8) is 0 Å². The van der Waals surface area contributed by atoms with E-state index < -0.39 is 5.60 Å². The molecule has 2 amide bonds. The highest BCUT2D eigenvalue weighted by atomic mass is 127. The van der Waals surface area contributed by atoms with Gasteiger partial charge in [0.1, 0.15) is 10.8 Å². The van der Waals surface area contributed by atoms with Gasteiger partial charge in [0, 0.05) is 28.6 Å². The second-order valence-electron chi connectivity index (χ2n) is 8.58. The standard InChI is InChI=1S/C20H22ClIN4O3/c1-19(2,3)29-18(28)26-9-8-25(11-20(26)6-7-20)17(27)16-23-14-5-4-12(22)10-13(14)15(21)24-16/h4-5,10H,6-9,11H2,1-3H3. The first-order valence-electron chi connectivity index (χ1n) is 9.51. The number of carbonyl (C=O) groups excluding carboxylic acids is 2. The monoisotopic (exact) mass is 528 g/mol. The molecule has 0 atom stereocenters. The van der Waals surface area contributed by atoms with Crippen LogP contribution in [0.3, 0.4) is 0 Å². The first kappa shape index (κ1) is 20.6. The number of amides is 2. The molecule has 2 fully saturated rings. The van der Waals surface area contributed by atoms with Crippen molar-refractivity contribution in [2.75, 3.05) is 19.6 Å². The second-order valence-corrected chi connectivity index (χ2v) is 10.2. The minimum absolute atomic E-state index is 0.0882. The normalized spacial score (nSPS) is 18.2. The molecule has 0 N–H and O–H groups in total. The molecule has 29 heavy (non-hydrogen) atoms. The third-order valence-electron chi connectivity index (χ3n) is 5.18. The number of hydrogen-bond acceptors (Lipinski definition) is 5. The lowest BCUT2D eigenvalue weighted by Crippen LogP contribution is -2.59. The maximum atomic E-state index is 13.1. The zero-order chi connectivity index (χ0) is 21.0. The highest BCUT2D eigenvalue weighted by molar-refractivity contribution is 14.1. The summed E-state index contributed by atoms with van der Waals surface area (Å²) in [5, 5.41) is 0.994. The van der Waals surface area contributed by atoms with Crippen molar-refractivity contribution in [2.45, 2.75) is 44.8 Å². The zero-order valence-corrected chi connectivity index (χ0v) is 19.5. The van der Waals surface area contributed by atoms with Crippen molar-refractivity contribution >= 4 is 57.1 Å². The Kier molecular flexibility index (Phi) is 5.13. The van der Waals surface area contributed by atoms with Gasteiger partial charge in [0.2, 0.25) is 5.82 Å². The van der Waals surface area contributed by atoms with Gasteiger partial charge in [-0.25, -0.2) is 14.8 Å². The predicted molar refractivity (Wildman–Crippen MR) is 118 cm³/mol. The zero-order valence-electron chi connectivity index (χ0n) is 16.5. The smallest absolute Gasteiger partial charge is 0.410 e. The summed E-state index contributed by atoms with van der Waals surface area (Å²) in [6.07, 6.45) is 1.39. The van der Waals surface area contributed by atoms with Crippen molar-refractivity contribution in [3.05, 3.63) is 32.7 Å². The molecule has 0 unspecified atom stereocenters. The fourth-order valence-electron chi connectivity index (χ4n) is 3.63. The van der Waals surface area contributed by atoms with E-state index in [1.165, 1.54) is 0 Å². The van der Waals surface area contributed by atoms with Crippen LogP contribution in [-0.2, 0) is 4.74 Å². The fraction of sp³-hybridized carbons (Fsp3) is 0.500. The summed E-state index contributed by atoms with van der Waals surface area (Å²) in [5.74, 6) is -0.173. The Morgan fingerprint density at radius 2 is 1.93 bits per heavy atom. The Morgan fingerprint density at radius 3 is 2.59 bits per heavy atom. The van der Waals surface area contributed by atoms with Crippen molar-refractivity contribution in [2.24, 2.45) is 0 Å². The van der Waals surface area contributed by atoms with Gasteiger partial charge in [-0.15, -0.1) is 0 Å². The van der Waals surface area contributed by atoms with E-state index in [-0.39, 0.29) is 28.5 Å². The molecular formula is C20H22ClIN4O3. The van der Waals surface area contributed by atoms with E-state index in [2.05, 4.69) is 32.6 Å². The minimum atomic E-state index is -0.548. The molecule has 0 bridgehead atoms. The molecule has 1 aromatic heterocycles. The van der Waals surface area contributed by atoms with E-state index >= 15 is 0 Å². The van der Waals surface area contributed by atoms with Gasteiger partial charge in [-0.3, -0.25) is 9.69 Å². The van der Waals surface area contributed by atoms with E-state index in [9.17, 15) is 9.59 Å². The van der Waals surface area contributed by atoms with Crippen LogP contribution in [0.5, 0.6) is 0 Å². The number of rotatable bonds is 1. The van der Waals surface area contributed by atoms with E-state index in [4.69, 9.17) is 16.3 Å². The molecule has 1 saturated heterocycles. The lowest BCUT2D eigenvalue weighted by atomic mass is 10.1. The summed E-state index contributed by atoms with van der Waals surface area (Å²) < 4.78 is 6.57. The molecule has 1 spiro atoms. The molecule has 2 aromatic rings. The molecule has 154 valence electrons. The van der Waals surface area contributed by atoms with Gasteiger partial charge in [-0.2, -0.15) is 0 Å². The molecule has 0 radical (unpaired) electrons. The lowest BCUT2D eigenvalue weighted by molar-refractivity contribution is -0.00590. The van der Waals surface area contributed by atoms with E-state index in [1.54, 1.807) is 9.80 Å². The fourth-order valence-corrected chi connectivity index (χ4v) is 4.35. The Balaban J connectivity index is 1.54. The summed E-state index contributed by atoms with van der Waals surface area (Å²) >= 11 is 8.51. The van der Waals surface area contributed by atoms with Crippen molar-refractivity contribution in [3.8, 4) is 0 Å². The molecule has 1 aliphatic heterocycles. The van der Waals surface area contributed by atoms with Crippen LogP contribution in [0.4, 0.5) is 4.79 Å². The summed E-state index contributed by atoms with van der Waals surface area (Å²) in [6, 6.07) is 5.65. The maximum Gasteiger partial charge on any atom is 0.410 e. The van der Waals surface area contributed by atoms with Crippen molar-refractivity contribution in [1.29, 1.82) is 0 Å². The molecule has 2 aliphatic rings. The van der Waals surface area contributed by atoms with Crippen LogP contribution < -0.4 is 0 Å². The van der Waals surface area contributed by atoms with Gasteiger partial charge in [0.05, 0.1) is 11.1 Å². The summed E-state index contributed by atoms with van der Waals surface area (Å²) in [4.78, 5) is 37.8. The third-order valence-corrected chi connectivity index (χ3v) is 6.14. The number of carbonyl (C=O) groups is 2. The average Bonchev–Trinajstić information content (AvgIpc) is 3.39. The Morgan fingerprint density at radius 1 is 1.21 bits per heavy atom. The van der Waals surface area contributed by atoms with E-state index in [1.807, 2.05) is 39.0 Å². The van der Waals surface area contributed by atoms with Crippen LogP contribution in [0.1, 0.15) is 44.2 Å². The van der Waals surface area contributed by atoms with Gasteiger partial charge >= 0.3 is 6.09 Å². The lowest BCUT2D eigenvalue weighted by Gasteiger charge is -2.42. The summed E-state index contributed by atoms with van der Waals surface area (Å²) in [6.45, 7) is 6.85. The number of piperazine rings is 1. The van der Waals surface area contributed by atoms with Gasteiger partial charge in [0.15, 0.2) is 0 Å². The van der Waals surface area contributed by atoms with Gasteiger partial charge in [-0.1, -0.05) is 11.6 Å². The third kappa shape index (κ3) is 4.14. The number of hydrogen-bond donors (Lipinski definition) is 0. The molecule has 2 heterocycles. The Bertz CT molecular complexity index is 1000. The van der Waals surface area contributed by atoms with E-state index in [0.717, 1.165) is 21.8 Å². The van der Waals surface area contributed by atoms with Crippen LogP contribution in [0.25, 0.3) is 10.9 Å². The molecule has 9 heteroatoms. The van der Waals surface area contributed by atoms with Crippen LogP contribution >= 0.6 is 34.2 Å². The molecule has 1 aromatic carbocycles. The van der Waals surface area contributed by atoms with Crippen LogP contribution in [-0.4, -0.2) is 62.5 Å². The molecule has 4 rings (SSSR count). The topological polar surface area (TPSA) is 75.6 Å². The first-order valence-corrected chi connectivity index (χ1v) is 11.0. The average molecular weight is 529 g/mol. The largest absolute Gasteiger partial charge is 0.444 e. The Labute approximate surface area is 187 Å². The number of fused-ring (bicyclic) bond motifs is 1. The number of benzene rings is 1. The summed E-state index contributed by atoms with van der Waals surface area (Å²) in [5.41, 5.74) is -0.247. The minimum Gasteiger partial charge on any atom is -0.444 e. The number of halogens is 2. The number of nitrogens with zero attached hydrogens (tertiary/aromatic N) is 4. The molecular weight excluding hydrogens is 507 g/mol. The van der Waals surface area contributed by atoms with Gasteiger partial charge in [-0.05, 0) is 74.4 Å². The maximum absolute atomic E-state index is 13.1. The molecule has 1 aliphatic carbocycles. The van der Waals surface area contributed by atoms with Crippen LogP contribution in [0.15, 0.2) is 18.2 Å². The van der Waals surface area contributed by atoms with Crippen LogP contribution in [0, 0.1) is 3.57 Å². The SMILES string of the molecule is CC(C)(C)OC(=O)N1CCN(C(=O)c2nc(Cl)c3cc(I)ccc3n2)CC12CC2. The van der Waals surface area contributed by atoms with Crippen LogP contribution in [0.2, 0.25) is 5.15 Å². The van der Waals surface area contributed by atoms with Gasteiger partial charge in [0.25, 0.3) is 5.91 Å². The summed E-state index contributed by atoms with van der Waals surface area (Å²) in [7, 11) is 0. The van der Waals surface area contributed by atoms with Crippen molar-refractivity contribution < 1.29 is 14.3 Å². The highest BCUT2D eigenvalue weighted by Gasteiger charge is 2.55. The van der Waals surface area contributed by atoms with Gasteiger partial charge < -0.3 is 9.64 Å². The molecule has 7 nitrogen and oxygen atoms in total. The number of aromatic nitrogens is 2. The quantitative estimate of drug-likeness (QED) is 0.411. The Hall–Kier alpha value is -1.68. The van der Waals surface area contributed by atoms with Crippen molar-refractivity contribution in [1.82, 2.24) is 19.8 Å². The second kappa shape index (κ2) is 7.23. The first-order chi connectivity index (χ1) is 13.6. The predicted octanol–water partition coefficient (Wildman–Crippen LogP) is 4.11. The van der Waals surface area contributed by atoms with E-state index in [0.29, 0.717) is 25.2 Å².